The lowest BCUT2D eigenvalue weighted by Gasteiger charge is -2.29. The maximum Gasteiger partial charge on any atom is 0.169 e. The van der Waals surface area contributed by atoms with E-state index in [9.17, 15) is 0 Å². The maximum absolute atomic E-state index is 6.84. The molecular formula is C40H75NO2. The van der Waals surface area contributed by atoms with Crippen molar-refractivity contribution in [2.24, 2.45) is 0 Å². The van der Waals surface area contributed by atoms with Crippen LogP contribution in [0.3, 0.4) is 0 Å². The zero-order valence-corrected chi connectivity index (χ0v) is 29.4. The highest BCUT2D eigenvalue weighted by Crippen LogP contribution is 2.40. The maximum atomic E-state index is 6.84. The molecule has 2 atom stereocenters. The summed E-state index contributed by atoms with van der Waals surface area (Å²) in [5, 5.41) is 0. The lowest BCUT2D eigenvalue weighted by Crippen LogP contribution is -2.32. The zero-order chi connectivity index (χ0) is 30.7. The van der Waals surface area contributed by atoms with Crippen molar-refractivity contribution in [2.75, 3.05) is 20.1 Å². The van der Waals surface area contributed by atoms with Gasteiger partial charge < -0.3 is 14.4 Å². The number of allylic oxidation sites excluding steroid dienone is 4. The molecule has 2 saturated heterocycles. The third-order valence-corrected chi connectivity index (χ3v) is 9.88. The highest BCUT2D eigenvalue weighted by molar-refractivity contribution is 4.89. The van der Waals surface area contributed by atoms with E-state index in [-0.39, 0.29) is 5.79 Å². The van der Waals surface area contributed by atoms with Crippen LogP contribution in [0.1, 0.15) is 194 Å². The van der Waals surface area contributed by atoms with E-state index in [0.717, 1.165) is 38.8 Å². The molecule has 0 aromatic carbocycles. The quantitative estimate of drug-likeness (QED) is 0.0657. The summed E-state index contributed by atoms with van der Waals surface area (Å²) in [6.07, 6.45) is 47.0. The van der Waals surface area contributed by atoms with E-state index in [1.54, 1.807) is 0 Å². The van der Waals surface area contributed by atoms with Crippen LogP contribution >= 0.6 is 0 Å². The molecule has 0 saturated carbocycles. The molecule has 0 amide bonds. The molecule has 2 aliphatic rings. The first kappa shape index (κ1) is 38.5. The van der Waals surface area contributed by atoms with Crippen LogP contribution in [0.4, 0.5) is 0 Å². The molecule has 2 aliphatic heterocycles. The average Bonchev–Trinajstić information content (AvgIpc) is 3.27. The van der Waals surface area contributed by atoms with Gasteiger partial charge in [-0.1, -0.05) is 128 Å². The van der Waals surface area contributed by atoms with E-state index >= 15 is 0 Å². The number of ether oxygens (including phenoxy) is 2. The molecule has 0 spiro atoms. The topological polar surface area (TPSA) is 21.7 Å². The van der Waals surface area contributed by atoms with Crippen molar-refractivity contribution >= 4 is 0 Å². The van der Waals surface area contributed by atoms with Crippen LogP contribution in [0.2, 0.25) is 0 Å². The molecular weight excluding hydrogens is 526 g/mol. The van der Waals surface area contributed by atoms with Crippen LogP contribution in [0.15, 0.2) is 24.3 Å². The largest absolute Gasteiger partial charge is 0.344 e. The summed E-state index contributed by atoms with van der Waals surface area (Å²) in [6.45, 7) is 6.86. The Balaban J connectivity index is 1.57. The van der Waals surface area contributed by atoms with Crippen molar-refractivity contribution in [2.45, 2.75) is 212 Å². The highest BCUT2D eigenvalue weighted by atomic mass is 16.8. The SMILES string of the molecule is CCCCCC/C=C\CCCCCCCCC1(CCCCCCCC/C=C\CCCCCC)OC2CCN(C)CC[C@@H]2O1. The van der Waals surface area contributed by atoms with Gasteiger partial charge in [-0.2, -0.15) is 0 Å². The standard InChI is InChI=1S/C40H75NO2/c1-4-6-8-10-12-14-16-18-20-22-24-26-28-30-34-40(42-38-32-36-41(3)37-33-39(38)43-40)35-31-29-27-25-23-21-19-17-15-13-11-9-7-5-2/h14-17,38-39H,4-13,18-37H2,1-3H3/b16-14-,17-15-/t38-,39?/m0/s1. The molecule has 0 aromatic heterocycles. The van der Waals surface area contributed by atoms with Gasteiger partial charge in [0.25, 0.3) is 0 Å². The Morgan fingerprint density at radius 1 is 0.488 bits per heavy atom. The van der Waals surface area contributed by atoms with Crippen molar-refractivity contribution in [3.63, 3.8) is 0 Å². The smallest absolute Gasteiger partial charge is 0.169 e. The van der Waals surface area contributed by atoms with Crippen LogP contribution in [-0.2, 0) is 9.47 Å². The Morgan fingerprint density at radius 2 is 0.814 bits per heavy atom. The van der Waals surface area contributed by atoms with E-state index < -0.39 is 0 Å². The van der Waals surface area contributed by atoms with E-state index in [1.807, 2.05) is 0 Å². The predicted octanol–water partition coefficient (Wildman–Crippen LogP) is 12.5. The van der Waals surface area contributed by atoms with Crippen molar-refractivity contribution in [3.8, 4) is 0 Å². The van der Waals surface area contributed by atoms with Crippen molar-refractivity contribution < 1.29 is 9.47 Å². The lowest BCUT2D eigenvalue weighted by atomic mass is 9.98. The summed E-state index contributed by atoms with van der Waals surface area (Å²) in [7, 11) is 2.24. The molecule has 2 fully saturated rings. The molecule has 0 aromatic rings. The van der Waals surface area contributed by atoms with Gasteiger partial charge in [0, 0.05) is 25.9 Å². The van der Waals surface area contributed by atoms with Crippen molar-refractivity contribution in [1.82, 2.24) is 4.90 Å². The minimum Gasteiger partial charge on any atom is -0.344 e. The molecule has 0 radical (unpaired) electrons. The van der Waals surface area contributed by atoms with Crippen molar-refractivity contribution in [1.29, 1.82) is 0 Å². The second-order valence-corrected chi connectivity index (χ2v) is 14.1. The minimum atomic E-state index is -0.297. The Kier molecular flexibility index (Phi) is 23.8. The van der Waals surface area contributed by atoms with E-state index in [0.29, 0.717) is 12.2 Å². The molecule has 0 N–H and O–H groups in total. The first-order valence-corrected chi connectivity index (χ1v) is 19.5. The summed E-state index contributed by atoms with van der Waals surface area (Å²) in [5.74, 6) is -0.297. The minimum absolute atomic E-state index is 0.297. The van der Waals surface area contributed by atoms with Gasteiger partial charge in [0.05, 0.1) is 12.2 Å². The van der Waals surface area contributed by atoms with Gasteiger partial charge in [-0.25, -0.2) is 0 Å². The number of nitrogens with zero attached hydrogens (tertiary/aromatic N) is 1. The fourth-order valence-electron chi connectivity index (χ4n) is 6.97. The number of hydrogen-bond acceptors (Lipinski definition) is 3. The molecule has 0 aliphatic carbocycles. The van der Waals surface area contributed by atoms with Crippen LogP contribution in [-0.4, -0.2) is 43.0 Å². The monoisotopic (exact) mass is 602 g/mol. The molecule has 252 valence electrons. The lowest BCUT2D eigenvalue weighted by molar-refractivity contribution is -0.188. The summed E-state index contributed by atoms with van der Waals surface area (Å²) in [4.78, 5) is 2.44. The normalized spacial score (nSPS) is 20.8. The van der Waals surface area contributed by atoms with E-state index in [1.165, 1.54) is 154 Å². The van der Waals surface area contributed by atoms with Gasteiger partial charge in [0.15, 0.2) is 5.79 Å². The Labute approximate surface area is 270 Å². The third kappa shape index (κ3) is 19.5. The predicted molar refractivity (Wildman–Crippen MR) is 189 cm³/mol. The summed E-state index contributed by atoms with van der Waals surface area (Å²) >= 11 is 0. The van der Waals surface area contributed by atoms with Gasteiger partial charge in [0.2, 0.25) is 0 Å². The van der Waals surface area contributed by atoms with Crippen LogP contribution in [0.25, 0.3) is 0 Å². The van der Waals surface area contributed by atoms with Crippen molar-refractivity contribution in [3.05, 3.63) is 24.3 Å². The number of likely N-dealkylation sites (tertiary alicyclic amines) is 1. The van der Waals surface area contributed by atoms with Gasteiger partial charge >= 0.3 is 0 Å². The van der Waals surface area contributed by atoms with Crippen LogP contribution in [0.5, 0.6) is 0 Å². The van der Waals surface area contributed by atoms with Gasteiger partial charge in [0.1, 0.15) is 0 Å². The van der Waals surface area contributed by atoms with Gasteiger partial charge in [-0.05, 0) is 84.1 Å². The summed E-state index contributed by atoms with van der Waals surface area (Å²) < 4.78 is 13.7. The average molecular weight is 602 g/mol. The van der Waals surface area contributed by atoms with E-state index in [2.05, 4.69) is 50.1 Å². The first-order chi connectivity index (χ1) is 21.2. The molecule has 43 heavy (non-hydrogen) atoms. The van der Waals surface area contributed by atoms with Crippen LogP contribution < -0.4 is 0 Å². The Bertz CT molecular complexity index is 617. The number of rotatable bonds is 28. The van der Waals surface area contributed by atoms with Gasteiger partial charge in [-0.15, -0.1) is 0 Å². The number of fused-ring (bicyclic) bond motifs is 1. The number of unbranched alkanes of at least 4 members (excludes halogenated alkanes) is 20. The second kappa shape index (κ2) is 26.6. The first-order valence-electron chi connectivity index (χ1n) is 19.5. The molecule has 2 heterocycles. The fourth-order valence-corrected chi connectivity index (χ4v) is 6.97. The fraction of sp³-hybridized carbons (Fsp3) is 0.900. The Morgan fingerprint density at radius 3 is 1.19 bits per heavy atom. The van der Waals surface area contributed by atoms with Crippen LogP contribution in [0, 0.1) is 0 Å². The third-order valence-electron chi connectivity index (χ3n) is 9.88. The van der Waals surface area contributed by atoms with E-state index in [4.69, 9.17) is 9.47 Å². The Hall–Kier alpha value is -0.640. The number of hydrogen-bond donors (Lipinski definition) is 0. The molecule has 1 unspecified atom stereocenters. The second-order valence-electron chi connectivity index (χ2n) is 14.1. The molecule has 3 heteroatoms. The van der Waals surface area contributed by atoms with Gasteiger partial charge in [-0.3, -0.25) is 0 Å². The summed E-state index contributed by atoms with van der Waals surface area (Å²) in [6, 6.07) is 0. The summed E-state index contributed by atoms with van der Waals surface area (Å²) in [5.41, 5.74) is 0. The highest BCUT2D eigenvalue weighted by Gasteiger charge is 2.47. The molecule has 0 bridgehead atoms. The molecule has 3 nitrogen and oxygen atoms in total. The molecule has 2 rings (SSSR count). The zero-order valence-electron chi connectivity index (χ0n) is 29.4.